The van der Waals surface area contributed by atoms with Gasteiger partial charge < -0.3 is 4.74 Å². The second-order valence-electron chi connectivity index (χ2n) is 3.95. The minimum Gasteiger partial charge on any atom is -0.486 e. The molecular formula is C13H15N3O2. The Balaban J connectivity index is 2.07. The highest BCUT2D eigenvalue weighted by Gasteiger charge is 2.06. The van der Waals surface area contributed by atoms with Gasteiger partial charge in [-0.25, -0.2) is 4.98 Å². The SMILES string of the molecule is CCn1cc(COc2ccc(C)nc2C=O)cn1. The minimum atomic E-state index is 0.331. The van der Waals surface area contributed by atoms with Crippen LogP contribution >= 0.6 is 0 Å². The van der Waals surface area contributed by atoms with Gasteiger partial charge in [-0.2, -0.15) is 5.10 Å². The predicted octanol–water partition coefficient (Wildman–Crippen LogP) is 2.00. The summed E-state index contributed by atoms with van der Waals surface area (Å²) in [6.45, 7) is 5.06. The summed E-state index contributed by atoms with van der Waals surface area (Å²) in [6.07, 6.45) is 4.38. The fraction of sp³-hybridized carbons (Fsp3) is 0.308. The first kappa shape index (κ1) is 12.3. The zero-order chi connectivity index (χ0) is 13.0. The van der Waals surface area contributed by atoms with Crippen LogP contribution in [0, 0.1) is 6.92 Å². The lowest BCUT2D eigenvalue weighted by Crippen LogP contribution is -2.00. The molecule has 0 bridgehead atoms. The molecule has 0 aromatic carbocycles. The van der Waals surface area contributed by atoms with E-state index in [0.29, 0.717) is 24.3 Å². The third kappa shape index (κ3) is 2.74. The van der Waals surface area contributed by atoms with Crippen LogP contribution in [0.1, 0.15) is 28.7 Å². The number of carbonyl (C=O) groups is 1. The molecule has 94 valence electrons. The lowest BCUT2D eigenvalue weighted by Gasteiger charge is -2.06. The number of hydrogen-bond donors (Lipinski definition) is 0. The first-order valence-corrected chi connectivity index (χ1v) is 5.80. The topological polar surface area (TPSA) is 57.0 Å². The quantitative estimate of drug-likeness (QED) is 0.756. The number of hydrogen-bond acceptors (Lipinski definition) is 4. The Bertz CT molecular complexity index is 549. The number of nitrogens with zero attached hydrogens (tertiary/aromatic N) is 3. The van der Waals surface area contributed by atoms with E-state index in [2.05, 4.69) is 10.1 Å². The molecule has 5 nitrogen and oxygen atoms in total. The summed E-state index contributed by atoms with van der Waals surface area (Å²) < 4.78 is 7.41. The van der Waals surface area contributed by atoms with Crippen LogP contribution in [-0.2, 0) is 13.2 Å². The third-order valence-corrected chi connectivity index (χ3v) is 2.54. The van der Waals surface area contributed by atoms with E-state index in [-0.39, 0.29) is 0 Å². The van der Waals surface area contributed by atoms with E-state index in [0.717, 1.165) is 17.8 Å². The molecule has 0 saturated heterocycles. The Morgan fingerprint density at radius 2 is 2.28 bits per heavy atom. The van der Waals surface area contributed by atoms with Gasteiger partial charge in [0.1, 0.15) is 18.1 Å². The summed E-state index contributed by atoms with van der Waals surface area (Å²) in [7, 11) is 0. The summed E-state index contributed by atoms with van der Waals surface area (Å²) in [5.41, 5.74) is 2.09. The smallest absolute Gasteiger partial charge is 0.172 e. The Labute approximate surface area is 105 Å². The number of aryl methyl sites for hydroxylation is 2. The number of ether oxygens (including phenoxy) is 1. The molecule has 0 aliphatic rings. The van der Waals surface area contributed by atoms with Crippen molar-refractivity contribution in [2.45, 2.75) is 27.0 Å². The van der Waals surface area contributed by atoms with Gasteiger partial charge in [-0.05, 0) is 26.0 Å². The average Bonchev–Trinajstić information content (AvgIpc) is 2.85. The number of pyridine rings is 1. The van der Waals surface area contributed by atoms with Crippen molar-refractivity contribution in [2.75, 3.05) is 0 Å². The second kappa shape index (κ2) is 5.44. The van der Waals surface area contributed by atoms with Gasteiger partial charge in [0.05, 0.1) is 6.20 Å². The van der Waals surface area contributed by atoms with E-state index in [1.54, 1.807) is 12.3 Å². The summed E-state index contributed by atoms with van der Waals surface area (Å²) in [5, 5.41) is 4.16. The monoisotopic (exact) mass is 245 g/mol. The normalized spacial score (nSPS) is 10.3. The maximum Gasteiger partial charge on any atom is 0.172 e. The zero-order valence-corrected chi connectivity index (χ0v) is 10.5. The first-order chi connectivity index (χ1) is 8.72. The molecule has 0 amide bonds. The number of aldehydes is 1. The van der Waals surface area contributed by atoms with Gasteiger partial charge in [0.2, 0.25) is 0 Å². The molecule has 2 aromatic heterocycles. The van der Waals surface area contributed by atoms with Crippen LogP contribution in [0.2, 0.25) is 0 Å². The second-order valence-corrected chi connectivity index (χ2v) is 3.95. The van der Waals surface area contributed by atoms with E-state index in [1.165, 1.54) is 0 Å². The van der Waals surface area contributed by atoms with E-state index in [4.69, 9.17) is 4.74 Å². The van der Waals surface area contributed by atoms with E-state index >= 15 is 0 Å². The maximum absolute atomic E-state index is 10.9. The molecule has 5 heteroatoms. The third-order valence-electron chi connectivity index (χ3n) is 2.54. The molecule has 18 heavy (non-hydrogen) atoms. The van der Waals surface area contributed by atoms with Gasteiger partial charge in [0, 0.05) is 24.0 Å². The standard InChI is InChI=1S/C13H15N3O2/c1-3-16-7-11(6-14-16)9-18-13-5-4-10(2)15-12(13)8-17/h4-8H,3,9H2,1-2H3. The maximum atomic E-state index is 10.9. The van der Waals surface area contributed by atoms with Crippen molar-refractivity contribution in [1.82, 2.24) is 14.8 Å². The van der Waals surface area contributed by atoms with E-state index in [1.807, 2.05) is 30.8 Å². The van der Waals surface area contributed by atoms with Crippen molar-refractivity contribution < 1.29 is 9.53 Å². The molecule has 0 aliphatic carbocycles. The molecule has 0 N–H and O–H groups in total. The summed E-state index contributed by atoms with van der Waals surface area (Å²) in [6, 6.07) is 3.58. The average molecular weight is 245 g/mol. The van der Waals surface area contributed by atoms with Crippen LogP contribution in [0.4, 0.5) is 0 Å². The predicted molar refractivity (Wildman–Crippen MR) is 66.6 cm³/mol. The van der Waals surface area contributed by atoms with Crippen molar-refractivity contribution in [2.24, 2.45) is 0 Å². The van der Waals surface area contributed by atoms with Crippen molar-refractivity contribution in [3.05, 3.63) is 41.5 Å². The summed E-state index contributed by atoms with van der Waals surface area (Å²) in [5.74, 6) is 0.500. The zero-order valence-electron chi connectivity index (χ0n) is 10.5. The molecule has 0 radical (unpaired) electrons. The van der Waals surface area contributed by atoms with E-state index < -0.39 is 0 Å². The van der Waals surface area contributed by atoms with Crippen LogP contribution < -0.4 is 4.74 Å². The fourth-order valence-corrected chi connectivity index (χ4v) is 1.59. The Hall–Kier alpha value is -2.17. The highest BCUT2D eigenvalue weighted by atomic mass is 16.5. The van der Waals surface area contributed by atoms with Gasteiger partial charge in [0.15, 0.2) is 6.29 Å². The molecule has 2 heterocycles. The molecule has 0 atom stereocenters. The minimum absolute atomic E-state index is 0.331. The molecule has 0 fully saturated rings. The summed E-state index contributed by atoms with van der Waals surface area (Å²) >= 11 is 0. The largest absolute Gasteiger partial charge is 0.486 e. The number of rotatable bonds is 5. The molecule has 2 rings (SSSR count). The molecule has 0 aliphatic heterocycles. The van der Waals surface area contributed by atoms with Crippen molar-refractivity contribution >= 4 is 6.29 Å². The Morgan fingerprint density at radius 1 is 1.44 bits per heavy atom. The lowest BCUT2D eigenvalue weighted by molar-refractivity contribution is 0.111. The Kier molecular flexibility index (Phi) is 3.72. The molecule has 0 saturated carbocycles. The van der Waals surface area contributed by atoms with Crippen LogP contribution in [-0.4, -0.2) is 21.1 Å². The Morgan fingerprint density at radius 3 is 2.94 bits per heavy atom. The van der Waals surface area contributed by atoms with Gasteiger partial charge in [0.25, 0.3) is 0 Å². The van der Waals surface area contributed by atoms with Gasteiger partial charge in [-0.15, -0.1) is 0 Å². The van der Waals surface area contributed by atoms with Crippen molar-refractivity contribution in [3.8, 4) is 5.75 Å². The van der Waals surface area contributed by atoms with Gasteiger partial charge >= 0.3 is 0 Å². The highest BCUT2D eigenvalue weighted by Crippen LogP contribution is 2.16. The molecule has 0 spiro atoms. The number of aromatic nitrogens is 3. The molecule has 2 aromatic rings. The van der Waals surface area contributed by atoms with Crippen LogP contribution in [0.15, 0.2) is 24.5 Å². The summed E-state index contributed by atoms with van der Waals surface area (Å²) in [4.78, 5) is 15.0. The van der Waals surface area contributed by atoms with Gasteiger partial charge in [-0.3, -0.25) is 9.48 Å². The van der Waals surface area contributed by atoms with Crippen LogP contribution in [0.25, 0.3) is 0 Å². The van der Waals surface area contributed by atoms with Crippen LogP contribution in [0.3, 0.4) is 0 Å². The van der Waals surface area contributed by atoms with E-state index in [9.17, 15) is 4.79 Å². The first-order valence-electron chi connectivity index (χ1n) is 5.80. The van der Waals surface area contributed by atoms with Crippen molar-refractivity contribution in [3.63, 3.8) is 0 Å². The van der Waals surface area contributed by atoms with Gasteiger partial charge in [-0.1, -0.05) is 0 Å². The molecular weight excluding hydrogens is 230 g/mol. The molecule has 0 unspecified atom stereocenters. The fourth-order valence-electron chi connectivity index (χ4n) is 1.59. The lowest BCUT2D eigenvalue weighted by atomic mass is 10.3. The van der Waals surface area contributed by atoms with Crippen molar-refractivity contribution in [1.29, 1.82) is 0 Å². The highest BCUT2D eigenvalue weighted by molar-refractivity contribution is 5.76. The van der Waals surface area contributed by atoms with Crippen LogP contribution in [0.5, 0.6) is 5.75 Å². The number of carbonyl (C=O) groups excluding carboxylic acids is 1.